The Morgan fingerprint density at radius 1 is 1.10 bits per heavy atom. The molecular formula is C18H19NO. The summed E-state index contributed by atoms with van der Waals surface area (Å²) in [6, 6.07) is 18.2. The normalized spacial score (nSPS) is 11.6. The molecule has 0 spiro atoms. The van der Waals surface area contributed by atoms with Gasteiger partial charge in [0.1, 0.15) is 11.5 Å². The van der Waals surface area contributed by atoms with Gasteiger partial charge in [-0.2, -0.15) is 0 Å². The summed E-state index contributed by atoms with van der Waals surface area (Å²) in [5, 5.41) is 3.39. The highest BCUT2D eigenvalue weighted by molar-refractivity contribution is 5.33. The minimum atomic E-state index is 0.318. The number of benzene rings is 2. The van der Waals surface area contributed by atoms with Crippen LogP contribution in [0.3, 0.4) is 0 Å². The van der Waals surface area contributed by atoms with Crippen molar-refractivity contribution in [3.63, 3.8) is 0 Å². The lowest BCUT2D eigenvalue weighted by Gasteiger charge is -2.12. The second-order valence-corrected chi connectivity index (χ2v) is 4.75. The smallest absolute Gasteiger partial charge is 0.127 e. The van der Waals surface area contributed by atoms with E-state index in [4.69, 9.17) is 11.2 Å². The highest BCUT2D eigenvalue weighted by atomic mass is 16.5. The Morgan fingerprint density at radius 3 is 2.60 bits per heavy atom. The molecule has 0 heterocycles. The van der Waals surface area contributed by atoms with Crippen molar-refractivity contribution in [1.82, 2.24) is 5.32 Å². The summed E-state index contributed by atoms with van der Waals surface area (Å²) in [6.07, 6.45) is 6.03. The standard InChI is InChI=1S/C18H19NO/c1-3-8-15(2)19-14-16-9-7-12-18(13-16)20-17-10-5-4-6-11-17/h1,4-7,9-13,15,19H,8,14H2,2H3. The van der Waals surface area contributed by atoms with Gasteiger partial charge in [-0.05, 0) is 36.8 Å². The first-order valence-electron chi connectivity index (χ1n) is 6.76. The Hall–Kier alpha value is -2.24. The number of hydrogen-bond acceptors (Lipinski definition) is 2. The molecular weight excluding hydrogens is 246 g/mol. The number of ether oxygens (including phenoxy) is 1. The molecule has 2 nitrogen and oxygen atoms in total. The van der Waals surface area contributed by atoms with Gasteiger partial charge in [0.15, 0.2) is 0 Å². The first-order chi connectivity index (χ1) is 9.78. The van der Waals surface area contributed by atoms with Crippen LogP contribution < -0.4 is 10.1 Å². The van der Waals surface area contributed by atoms with Crippen molar-refractivity contribution in [3.05, 3.63) is 60.2 Å². The fourth-order valence-corrected chi connectivity index (χ4v) is 1.88. The molecule has 0 aliphatic rings. The van der Waals surface area contributed by atoms with Gasteiger partial charge in [0.2, 0.25) is 0 Å². The lowest BCUT2D eigenvalue weighted by Crippen LogP contribution is -2.24. The predicted octanol–water partition coefficient (Wildman–Crippen LogP) is 3.98. The van der Waals surface area contributed by atoms with Gasteiger partial charge >= 0.3 is 0 Å². The zero-order valence-electron chi connectivity index (χ0n) is 11.7. The summed E-state index contributed by atoms with van der Waals surface area (Å²) >= 11 is 0. The minimum Gasteiger partial charge on any atom is -0.457 e. The van der Waals surface area contributed by atoms with E-state index in [9.17, 15) is 0 Å². The Morgan fingerprint density at radius 2 is 1.85 bits per heavy atom. The quantitative estimate of drug-likeness (QED) is 0.798. The van der Waals surface area contributed by atoms with E-state index in [0.29, 0.717) is 6.04 Å². The highest BCUT2D eigenvalue weighted by Crippen LogP contribution is 2.21. The van der Waals surface area contributed by atoms with E-state index in [1.807, 2.05) is 48.5 Å². The zero-order valence-corrected chi connectivity index (χ0v) is 11.7. The van der Waals surface area contributed by atoms with Crippen LogP contribution >= 0.6 is 0 Å². The molecule has 0 aliphatic carbocycles. The van der Waals surface area contributed by atoms with Gasteiger partial charge in [-0.3, -0.25) is 0 Å². The van der Waals surface area contributed by atoms with E-state index in [1.54, 1.807) is 0 Å². The summed E-state index contributed by atoms with van der Waals surface area (Å²) in [5.74, 6) is 4.35. The first kappa shape index (κ1) is 14.2. The van der Waals surface area contributed by atoms with Crippen molar-refractivity contribution in [3.8, 4) is 23.8 Å². The van der Waals surface area contributed by atoms with Crippen LogP contribution in [0.15, 0.2) is 54.6 Å². The summed E-state index contributed by atoms with van der Waals surface area (Å²) in [5.41, 5.74) is 1.18. The molecule has 0 aromatic heterocycles. The number of nitrogens with one attached hydrogen (secondary N) is 1. The number of rotatable bonds is 6. The molecule has 0 radical (unpaired) electrons. The summed E-state index contributed by atoms with van der Waals surface area (Å²) < 4.78 is 5.81. The van der Waals surface area contributed by atoms with Crippen LogP contribution in [0, 0.1) is 12.3 Å². The van der Waals surface area contributed by atoms with E-state index in [1.165, 1.54) is 5.56 Å². The Kier molecular flexibility index (Phi) is 5.23. The predicted molar refractivity (Wildman–Crippen MR) is 82.7 cm³/mol. The van der Waals surface area contributed by atoms with Gasteiger partial charge < -0.3 is 10.1 Å². The van der Waals surface area contributed by atoms with Crippen LogP contribution in [0.2, 0.25) is 0 Å². The van der Waals surface area contributed by atoms with Crippen LogP contribution in [-0.2, 0) is 6.54 Å². The summed E-state index contributed by atoms with van der Waals surface area (Å²) in [6.45, 7) is 2.87. The molecule has 0 saturated heterocycles. The summed E-state index contributed by atoms with van der Waals surface area (Å²) in [4.78, 5) is 0. The fraction of sp³-hybridized carbons (Fsp3) is 0.222. The highest BCUT2D eigenvalue weighted by Gasteiger charge is 2.01. The van der Waals surface area contributed by atoms with Crippen LogP contribution in [0.25, 0.3) is 0 Å². The fourth-order valence-electron chi connectivity index (χ4n) is 1.88. The first-order valence-corrected chi connectivity index (χ1v) is 6.76. The van der Waals surface area contributed by atoms with E-state index < -0.39 is 0 Å². The molecule has 102 valence electrons. The van der Waals surface area contributed by atoms with Crippen molar-refractivity contribution in [2.75, 3.05) is 0 Å². The zero-order chi connectivity index (χ0) is 14.2. The Bertz CT molecular complexity index is 571. The third-order valence-electron chi connectivity index (χ3n) is 2.96. The van der Waals surface area contributed by atoms with Crippen molar-refractivity contribution >= 4 is 0 Å². The molecule has 1 N–H and O–H groups in total. The lowest BCUT2D eigenvalue weighted by molar-refractivity contribution is 0.480. The largest absolute Gasteiger partial charge is 0.457 e. The molecule has 2 rings (SSSR count). The van der Waals surface area contributed by atoms with Gasteiger partial charge in [-0.1, -0.05) is 30.3 Å². The molecule has 2 aromatic rings. The molecule has 1 unspecified atom stereocenters. The maximum atomic E-state index is 5.81. The van der Waals surface area contributed by atoms with Gasteiger partial charge in [-0.25, -0.2) is 0 Å². The second-order valence-electron chi connectivity index (χ2n) is 4.75. The molecule has 20 heavy (non-hydrogen) atoms. The monoisotopic (exact) mass is 265 g/mol. The van der Waals surface area contributed by atoms with E-state index >= 15 is 0 Å². The molecule has 0 fully saturated rings. The van der Waals surface area contributed by atoms with Crippen LogP contribution in [0.5, 0.6) is 11.5 Å². The van der Waals surface area contributed by atoms with Crippen LogP contribution in [0.4, 0.5) is 0 Å². The maximum absolute atomic E-state index is 5.81. The third kappa shape index (κ3) is 4.46. The average molecular weight is 265 g/mol. The Balaban J connectivity index is 1.96. The average Bonchev–Trinajstić information content (AvgIpc) is 2.47. The van der Waals surface area contributed by atoms with Crippen molar-refractivity contribution in [2.24, 2.45) is 0 Å². The minimum absolute atomic E-state index is 0.318. The molecule has 2 heteroatoms. The molecule has 2 aromatic carbocycles. The van der Waals surface area contributed by atoms with Crippen molar-refractivity contribution in [1.29, 1.82) is 0 Å². The van der Waals surface area contributed by atoms with E-state index in [-0.39, 0.29) is 0 Å². The number of para-hydroxylation sites is 1. The van der Waals surface area contributed by atoms with Crippen molar-refractivity contribution in [2.45, 2.75) is 25.9 Å². The molecule has 0 saturated carbocycles. The molecule has 0 aliphatic heterocycles. The second kappa shape index (κ2) is 7.37. The van der Waals surface area contributed by atoms with E-state index in [2.05, 4.69) is 24.2 Å². The van der Waals surface area contributed by atoms with Crippen LogP contribution in [-0.4, -0.2) is 6.04 Å². The third-order valence-corrected chi connectivity index (χ3v) is 2.96. The molecule has 0 amide bonds. The van der Waals surface area contributed by atoms with E-state index in [0.717, 1.165) is 24.5 Å². The van der Waals surface area contributed by atoms with Gasteiger partial charge in [0.25, 0.3) is 0 Å². The maximum Gasteiger partial charge on any atom is 0.127 e. The van der Waals surface area contributed by atoms with Gasteiger partial charge in [-0.15, -0.1) is 12.3 Å². The Labute approximate surface area is 120 Å². The lowest BCUT2D eigenvalue weighted by atomic mass is 10.2. The SMILES string of the molecule is C#CCC(C)NCc1cccc(Oc2ccccc2)c1. The van der Waals surface area contributed by atoms with Gasteiger partial charge in [0.05, 0.1) is 0 Å². The van der Waals surface area contributed by atoms with Crippen molar-refractivity contribution < 1.29 is 4.74 Å². The topological polar surface area (TPSA) is 21.3 Å². The van der Waals surface area contributed by atoms with Gasteiger partial charge in [0, 0.05) is 19.0 Å². The number of terminal acetylenes is 1. The summed E-state index contributed by atoms with van der Waals surface area (Å²) in [7, 11) is 0. The molecule has 1 atom stereocenters. The van der Waals surface area contributed by atoms with Crippen LogP contribution in [0.1, 0.15) is 18.9 Å². The molecule has 0 bridgehead atoms. The number of hydrogen-bond donors (Lipinski definition) is 1.